The molecule has 4 rings (SSSR count). The molecule has 0 aliphatic heterocycles. The topological polar surface area (TPSA) is 79.4 Å². The fourth-order valence-electron chi connectivity index (χ4n) is 2.60. The molecule has 0 saturated heterocycles. The molecule has 4 heterocycles. The number of pyridine rings is 2. The van der Waals surface area contributed by atoms with Gasteiger partial charge in [0, 0.05) is 36.1 Å². The van der Waals surface area contributed by atoms with E-state index < -0.39 is 0 Å². The summed E-state index contributed by atoms with van der Waals surface area (Å²) in [6, 6.07) is 10.0. The number of rotatable bonds is 4. The van der Waals surface area contributed by atoms with Crippen LogP contribution in [0.2, 0.25) is 0 Å². The zero-order valence-corrected chi connectivity index (χ0v) is 14.3. The minimum absolute atomic E-state index is 0.503. The number of aryl methyl sites for hydroxylation is 1. The number of hydrogen-bond acceptors (Lipinski definition) is 6. The summed E-state index contributed by atoms with van der Waals surface area (Å²) in [5.41, 5.74) is 3.59. The van der Waals surface area contributed by atoms with Crippen LogP contribution in [0, 0.1) is 11.3 Å². The highest BCUT2D eigenvalue weighted by molar-refractivity contribution is 7.17. The molecular formula is C18H14N6S. The van der Waals surface area contributed by atoms with Gasteiger partial charge in [0.2, 0.25) is 0 Å². The summed E-state index contributed by atoms with van der Waals surface area (Å²) in [6.07, 6.45) is 5.28. The average molecular weight is 346 g/mol. The molecule has 6 nitrogen and oxygen atoms in total. The normalized spacial score (nSPS) is 10.7. The summed E-state index contributed by atoms with van der Waals surface area (Å²) in [7, 11) is 0. The van der Waals surface area contributed by atoms with Crippen LogP contribution in [0.25, 0.3) is 21.3 Å². The number of aromatic nitrogens is 4. The second-order valence-corrected chi connectivity index (χ2v) is 6.32. The van der Waals surface area contributed by atoms with Crippen LogP contribution in [-0.2, 0) is 6.54 Å². The van der Waals surface area contributed by atoms with Crippen molar-refractivity contribution in [3.8, 4) is 17.2 Å². The van der Waals surface area contributed by atoms with Crippen LogP contribution in [0.3, 0.4) is 0 Å². The summed E-state index contributed by atoms with van der Waals surface area (Å²) in [6.45, 7) is 2.69. The fraction of sp³-hybridized carbons (Fsp3) is 0.111. The maximum Gasteiger partial charge on any atom is 0.171 e. The lowest BCUT2D eigenvalue weighted by molar-refractivity contribution is 0.662. The van der Waals surface area contributed by atoms with E-state index in [2.05, 4.69) is 26.8 Å². The minimum atomic E-state index is 0.503. The third-order valence-corrected chi connectivity index (χ3v) is 4.80. The van der Waals surface area contributed by atoms with Gasteiger partial charge in [0.15, 0.2) is 5.82 Å². The van der Waals surface area contributed by atoms with E-state index >= 15 is 0 Å². The molecule has 4 aromatic heterocycles. The predicted molar refractivity (Wildman–Crippen MR) is 98.7 cm³/mol. The Hall–Kier alpha value is -3.24. The first-order chi connectivity index (χ1) is 12.3. The molecular weight excluding hydrogens is 332 g/mol. The van der Waals surface area contributed by atoms with Crippen molar-refractivity contribution in [2.45, 2.75) is 13.5 Å². The Bertz CT molecular complexity index is 1070. The van der Waals surface area contributed by atoms with E-state index in [1.807, 2.05) is 31.2 Å². The second-order valence-electron chi connectivity index (χ2n) is 5.41. The van der Waals surface area contributed by atoms with E-state index in [1.165, 1.54) is 0 Å². The Morgan fingerprint density at radius 3 is 2.84 bits per heavy atom. The Morgan fingerprint density at radius 2 is 2.08 bits per heavy atom. The van der Waals surface area contributed by atoms with Gasteiger partial charge in [-0.15, -0.1) is 11.3 Å². The first-order valence-corrected chi connectivity index (χ1v) is 8.69. The van der Waals surface area contributed by atoms with Crippen LogP contribution in [0.4, 0.5) is 11.6 Å². The molecule has 0 bridgehead atoms. The molecule has 0 radical (unpaired) electrons. The molecule has 1 N–H and O–H groups in total. The number of thiophene rings is 1. The van der Waals surface area contributed by atoms with Gasteiger partial charge in [0.05, 0.1) is 10.2 Å². The summed E-state index contributed by atoms with van der Waals surface area (Å²) < 4.78 is 2.84. The Balaban J connectivity index is 1.74. The van der Waals surface area contributed by atoms with Crippen molar-refractivity contribution in [1.29, 1.82) is 5.26 Å². The Labute approximate surface area is 148 Å². The number of anilines is 2. The smallest absolute Gasteiger partial charge is 0.171 e. The molecule has 4 aromatic rings. The highest BCUT2D eigenvalue weighted by atomic mass is 32.1. The van der Waals surface area contributed by atoms with Gasteiger partial charge >= 0.3 is 0 Å². The fourth-order valence-corrected chi connectivity index (χ4v) is 3.50. The maximum atomic E-state index is 9.27. The molecule has 0 aromatic carbocycles. The summed E-state index contributed by atoms with van der Waals surface area (Å²) in [5.74, 6) is 1.19. The van der Waals surface area contributed by atoms with Crippen molar-refractivity contribution in [1.82, 2.24) is 19.7 Å². The lowest BCUT2D eigenvalue weighted by Gasteiger charge is -2.04. The Kier molecular flexibility index (Phi) is 3.88. The molecule has 25 heavy (non-hydrogen) atoms. The third kappa shape index (κ3) is 2.84. The van der Waals surface area contributed by atoms with Gasteiger partial charge in [-0.25, -0.2) is 4.98 Å². The van der Waals surface area contributed by atoms with E-state index in [-0.39, 0.29) is 0 Å². The summed E-state index contributed by atoms with van der Waals surface area (Å²) >= 11 is 1.66. The van der Waals surface area contributed by atoms with E-state index in [1.54, 1.807) is 34.6 Å². The first kappa shape index (κ1) is 15.3. The SMILES string of the molecule is CCn1cc(C#N)c(Nc2ccc3scc(-c4ccncc4)c3n2)n1. The maximum absolute atomic E-state index is 9.27. The van der Waals surface area contributed by atoms with Crippen molar-refractivity contribution in [3.63, 3.8) is 0 Å². The molecule has 0 fully saturated rings. The number of fused-ring (bicyclic) bond motifs is 1. The van der Waals surface area contributed by atoms with Crippen molar-refractivity contribution < 1.29 is 0 Å². The third-order valence-electron chi connectivity index (χ3n) is 3.86. The minimum Gasteiger partial charge on any atom is -0.322 e. The van der Waals surface area contributed by atoms with Crippen LogP contribution in [-0.4, -0.2) is 19.7 Å². The van der Waals surface area contributed by atoms with Gasteiger partial charge in [-0.05, 0) is 36.8 Å². The largest absolute Gasteiger partial charge is 0.322 e. The van der Waals surface area contributed by atoms with Crippen LogP contribution in [0.5, 0.6) is 0 Å². The van der Waals surface area contributed by atoms with Crippen LogP contribution >= 0.6 is 11.3 Å². The standard InChI is InChI=1S/C18H14N6S/c1-2-24-10-13(9-19)18(23-24)22-16-4-3-15-17(21-16)14(11-25-15)12-5-7-20-8-6-12/h3-8,10-11H,2H2,1H3,(H,21,22,23). The molecule has 0 saturated carbocycles. The molecule has 0 unspecified atom stereocenters. The molecule has 122 valence electrons. The van der Waals surface area contributed by atoms with Crippen molar-refractivity contribution in [2.75, 3.05) is 5.32 Å². The Morgan fingerprint density at radius 1 is 1.24 bits per heavy atom. The average Bonchev–Trinajstić information content (AvgIpc) is 3.25. The molecule has 0 spiro atoms. The van der Waals surface area contributed by atoms with Gasteiger partial charge in [-0.1, -0.05) is 0 Å². The zero-order chi connectivity index (χ0) is 17.2. The van der Waals surface area contributed by atoms with E-state index in [9.17, 15) is 5.26 Å². The molecule has 0 amide bonds. The summed E-state index contributed by atoms with van der Waals surface area (Å²) in [5, 5.41) is 18.9. The van der Waals surface area contributed by atoms with Crippen molar-refractivity contribution >= 4 is 33.2 Å². The van der Waals surface area contributed by atoms with Gasteiger partial charge in [0.25, 0.3) is 0 Å². The number of nitriles is 1. The lowest BCUT2D eigenvalue weighted by atomic mass is 10.1. The molecule has 0 aliphatic carbocycles. The first-order valence-electron chi connectivity index (χ1n) is 7.81. The van der Waals surface area contributed by atoms with Crippen molar-refractivity contribution in [2.24, 2.45) is 0 Å². The quantitative estimate of drug-likeness (QED) is 0.599. The number of nitrogens with one attached hydrogen (secondary N) is 1. The second kappa shape index (κ2) is 6.34. The predicted octanol–water partition coefficient (Wildman–Crippen LogP) is 4.19. The van der Waals surface area contributed by atoms with E-state index in [0.717, 1.165) is 21.3 Å². The van der Waals surface area contributed by atoms with Gasteiger partial charge in [-0.2, -0.15) is 10.4 Å². The highest BCUT2D eigenvalue weighted by Crippen LogP contribution is 2.33. The molecule has 7 heteroatoms. The van der Waals surface area contributed by atoms with E-state index in [0.29, 0.717) is 23.7 Å². The highest BCUT2D eigenvalue weighted by Gasteiger charge is 2.12. The lowest BCUT2D eigenvalue weighted by Crippen LogP contribution is -1.98. The van der Waals surface area contributed by atoms with Gasteiger partial charge in [0.1, 0.15) is 17.5 Å². The van der Waals surface area contributed by atoms with E-state index in [4.69, 9.17) is 4.98 Å². The monoisotopic (exact) mass is 346 g/mol. The number of nitrogens with zero attached hydrogens (tertiary/aromatic N) is 5. The molecule has 0 aliphatic rings. The van der Waals surface area contributed by atoms with Crippen LogP contribution in [0.15, 0.2) is 48.2 Å². The van der Waals surface area contributed by atoms with Gasteiger partial charge in [-0.3, -0.25) is 9.67 Å². The number of hydrogen-bond donors (Lipinski definition) is 1. The molecule has 0 atom stereocenters. The zero-order valence-electron chi connectivity index (χ0n) is 13.5. The van der Waals surface area contributed by atoms with Crippen LogP contribution < -0.4 is 5.32 Å². The summed E-state index contributed by atoms with van der Waals surface area (Å²) in [4.78, 5) is 8.81. The van der Waals surface area contributed by atoms with Gasteiger partial charge < -0.3 is 5.32 Å². The van der Waals surface area contributed by atoms with Crippen LogP contribution in [0.1, 0.15) is 12.5 Å². The van der Waals surface area contributed by atoms with Crippen molar-refractivity contribution in [3.05, 3.63) is 53.8 Å².